The fourth-order valence-electron chi connectivity index (χ4n) is 3.27. The van der Waals surface area contributed by atoms with Gasteiger partial charge in [0.05, 0.1) is 6.54 Å². The smallest absolute Gasteiger partial charge is 0.225 e. The maximum absolute atomic E-state index is 12.7. The van der Waals surface area contributed by atoms with Crippen molar-refractivity contribution in [3.63, 3.8) is 0 Å². The first-order valence-electron chi connectivity index (χ1n) is 8.40. The van der Waals surface area contributed by atoms with E-state index in [1.807, 2.05) is 35.5 Å². The first kappa shape index (κ1) is 16.0. The maximum atomic E-state index is 12.7. The Morgan fingerprint density at radius 2 is 2.16 bits per heavy atom. The number of hydrogen-bond donors (Lipinski definition) is 0. The van der Waals surface area contributed by atoms with E-state index in [2.05, 4.69) is 26.3 Å². The molecule has 0 unspecified atom stereocenters. The third-order valence-electron chi connectivity index (χ3n) is 4.67. The average molecular weight is 356 g/mol. The standard InChI is InChI=1S/C17H20N6OS/c1-21(11-14-3-2-10-25-14)17(24)13-6-8-22(9-7-13)16-5-4-15-19-18-12-23(15)20-16/h2-5,10,12-13H,6-9,11H2,1H3. The molecule has 1 saturated heterocycles. The quantitative estimate of drug-likeness (QED) is 0.716. The van der Waals surface area contributed by atoms with E-state index in [9.17, 15) is 4.79 Å². The van der Waals surface area contributed by atoms with E-state index in [-0.39, 0.29) is 11.8 Å². The number of anilines is 1. The fourth-order valence-corrected chi connectivity index (χ4v) is 4.03. The van der Waals surface area contributed by atoms with Crippen molar-refractivity contribution >= 4 is 28.7 Å². The minimum Gasteiger partial charge on any atom is -0.355 e. The van der Waals surface area contributed by atoms with Crippen molar-refractivity contribution in [1.82, 2.24) is 24.7 Å². The Balaban J connectivity index is 1.36. The molecule has 0 aliphatic carbocycles. The SMILES string of the molecule is CN(Cc1cccs1)C(=O)C1CCN(c2ccc3nncn3n2)CC1. The first-order chi connectivity index (χ1) is 12.2. The predicted molar refractivity (Wildman–Crippen MR) is 96.5 cm³/mol. The van der Waals surface area contributed by atoms with Gasteiger partial charge in [-0.25, -0.2) is 0 Å². The van der Waals surface area contributed by atoms with Crippen LogP contribution in [0, 0.1) is 5.92 Å². The second kappa shape index (κ2) is 6.79. The highest BCUT2D eigenvalue weighted by Gasteiger charge is 2.28. The molecule has 1 amide bonds. The third kappa shape index (κ3) is 3.34. The van der Waals surface area contributed by atoms with Crippen LogP contribution in [0.3, 0.4) is 0 Å². The lowest BCUT2D eigenvalue weighted by Gasteiger charge is -2.33. The Hall–Kier alpha value is -2.48. The topological polar surface area (TPSA) is 66.6 Å². The van der Waals surface area contributed by atoms with Gasteiger partial charge in [0.15, 0.2) is 5.65 Å². The van der Waals surface area contributed by atoms with Gasteiger partial charge in [-0.15, -0.1) is 26.6 Å². The van der Waals surface area contributed by atoms with Crippen LogP contribution in [0.15, 0.2) is 36.0 Å². The minimum atomic E-state index is 0.0971. The Morgan fingerprint density at radius 1 is 1.32 bits per heavy atom. The van der Waals surface area contributed by atoms with Crippen LogP contribution in [0.1, 0.15) is 17.7 Å². The molecule has 1 fully saturated rings. The molecule has 0 radical (unpaired) electrons. The van der Waals surface area contributed by atoms with Crippen LogP contribution in [0.25, 0.3) is 5.65 Å². The van der Waals surface area contributed by atoms with E-state index in [0.717, 1.165) is 37.4 Å². The van der Waals surface area contributed by atoms with E-state index >= 15 is 0 Å². The molecular weight excluding hydrogens is 336 g/mol. The number of carbonyl (C=O) groups excluding carboxylic acids is 1. The summed E-state index contributed by atoms with van der Waals surface area (Å²) in [5.41, 5.74) is 0.740. The van der Waals surface area contributed by atoms with E-state index in [1.54, 1.807) is 22.2 Å². The molecule has 8 heteroatoms. The summed E-state index contributed by atoms with van der Waals surface area (Å²) in [6, 6.07) is 7.98. The molecule has 0 spiro atoms. The van der Waals surface area contributed by atoms with Gasteiger partial charge in [-0.2, -0.15) is 4.52 Å². The molecule has 0 atom stereocenters. The zero-order valence-electron chi connectivity index (χ0n) is 14.1. The molecule has 0 saturated carbocycles. The predicted octanol–water partition coefficient (Wildman–Crippen LogP) is 2.06. The molecule has 25 heavy (non-hydrogen) atoms. The summed E-state index contributed by atoms with van der Waals surface area (Å²) >= 11 is 1.69. The third-order valence-corrected chi connectivity index (χ3v) is 5.53. The van der Waals surface area contributed by atoms with Gasteiger partial charge in [0.2, 0.25) is 5.91 Å². The van der Waals surface area contributed by atoms with E-state index < -0.39 is 0 Å². The largest absolute Gasteiger partial charge is 0.355 e. The molecule has 1 aliphatic rings. The number of aromatic nitrogens is 4. The molecule has 0 aromatic carbocycles. The van der Waals surface area contributed by atoms with Gasteiger partial charge in [-0.3, -0.25) is 4.79 Å². The molecule has 4 heterocycles. The highest BCUT2D eigenvalue weighted by molar-refractivity contribution is 7.09. The van der Waals surface area contributed by atoms with E-state index in [1.165, 1.54) is 4.88 Å². The summed E-state index contributed by atoms with van der Waals surface area (Å²) in [6.45, 7) is 2.37. The van der Waals surface area contributed by atoms with Crippen LogP contribution >= 0.6 is 11.3 Å². The zero-order chi connectivity index (χ0) is 17.2. The van der Waals surface area contributed by atoms with Gasteiger partial charge in [-0.1, -0.05) is 6.07 Å². The molecule has 130 valence electrons. The highest BCUT2D eigenvalue weighted by atomic mass is 32.1. The van der Waals surface area contributed by atoms with E-state index in [0.29, 0.717) is 6.54 Å². The number of carbonyl (C=O) groups is 1. The second-order valence-electron chi connectivity index (χ2n) is 6.36. The molecular formula is C17H20N6OS. The Morgan fingerprint density at radius 3 is 2.92 bits per heavy atom. The van der Waals surface area contributed by atoms with Crippen LogP contribution in [-0.2, 0) is 11.3 Å². The second-order valence-corrected chi connectivity index (χ2v) is 7.39. The molecule has 3 aromatic heterocycles. The van der Waals surface area contributed by atoms with Crippen molar-refractivity contribution in [3.8, 4) is 0 Å². The molecule has 4 rings (SSSR count). The summed E-state index contributed by atoms with van der Waals surface area (Å²) in [5, 5.41) is 14.4. The lowest BCUT2D eigenvalue weighted by Crippen LogP contribution is -2.41. The Kier molecular flexibility index (Phi) is 4.35. The zero-order valence-corrected chi connectivity index (χ0v) is 14.9. The Bertz CT molecular complexity index is 853. The summed E-state index contributed by atoms with van der Waals surface area (Å²) in [7, 11) is 1.90. The molecule has 3 aromatic rings. The van der Waals surface area contributed by atoms with Gasteiger partial charge in [0, 0.05) is 30.9 Å². The monoisotopic (exact) mass is 356 g/mol. The first-order valence-corrected chi connectivity index (χ1v) is 9.28. The van der Waals surface area contributed by atoms with Gasteiger partial charge in [-0.05, 0) is 36.4 Å². The average Bonchev–Trinajstić information content (AvgIpc) is 3.32. The number of rotatable bonds is 4. The number of piperidine rings is 1. The van der Waals surface area contributed by atoms with Crippen molar-refractivity contribution in [1.29, 1.82) is 0 Å². The van der Waals surface area contributed by atoms with Gasteiger partial charge in [0.25, 0.3) is 0 Å². The van der Waals surface area contributed by atoms with E-state index in [4.69, 9.17) is 0 Å². The summed E-state index contributed by atoms with van der Waals surface area (Å²) in [5.74, 6) is 1.25. The van der Waals surface area contributed by atoms with Crippen molar-refractivity contribution < 1.29 is 4.79 Å². The fraction of sp³-hybridized carbons (Fsp3) is 0.412. The van der Waals surface area contributed by atoms with Gasteiger partial charge >= 0.3 is 0 Å². The van der Waals surface area contributed by atoms with Gasteiger partial charge < -0.3 is 9.80 Å². The van der Waals surface area contributed by atoms with Crippen molar-refractivity contribution in [2.75, 3.05) is 25.0 Å². The summed E-state index contributed by atoms with van der Waals surface area (Å²) in [4.78, 5) is 18.0. The van der Waals surface area contributed by atoms with Crippen LogP contribution in [0.5, 0.6) is 0 Å². The number of hydrogen-bond acceptors (Lipinski definition) is 6. The number of nitrogens with zero attached hydrogens (tertiary/aromatic N) is 6. The lowest BCUT2D eigenvalue weighted by atomic mass is 9.95. The van der Waals surface area contributed by atoms with Crippen molar-refractivity contribution in [2.24, 2.45) is 5.92 Å². The maximum Gasteiger partial charge on any atom is 0.225 e. The van der Waals surface area contributed by atoms with Crippen molar-refractivity contribution in [3.05, 3.63) is 40.8 Å². The highest BCUT2D eigenvalue weighted by Crippen LogP contribution is 2.24. The van der Waals surface area contributed by atoms with Crippen LogP contribution in [0.4, 0.5) is 5.82 Å². The van der Waals surface area contributed by atoms with Crippen LogP contribution in [-0.4, -0.2) is 50.8 Å². The summed E-state index contributed by atoms with van der Waals surface area (Å²) < 4.78 is 1.68. The number of amides is 1. The number of thiophene rings is 1. The molecule has 1 aliphatic heterocycles. The molecule has 7 nitrogen and oxygen atoms in total. The van der Waals surface area contributed by atoms with Gasteiger partial charge in [0.1, 0.15) is 12.1 Å². The minimum absolute atomic E-state index is 0.0971. The molecule has 0 N–H and O–H groups in total. The normalized spacial score (nSPS) is 15.6. The number of fused-ring (bicyclic) bond motifs is 1. The van der Waals surface area contributed by atoms with Crippen LogP contribution < -0.4 is 4.90 Å². The summed E-state index contributed by atoms with van der Waals surface area (Å²) in [6.07, 6.45) is 3.32. The lowest BCUT2D eigenvalue weighted by molar-refractivity contribution is -0.135. The molecule has 0 bridgehead atoms. The van der Waals surface area contributed by atoms with Crippen LogP contribution in [0.2, 0.25) is 0 Å². The van der Waals surface area contributed by atoms with Crippen molar-refractivity contribution in [2.45, 2.75) is 19.4 Å². The Labute approximate surface area is 149 Å².